The van der Waals surface area contributed by atoms with Crippen LogP contribution < -0.4 is 4.31 Å². The summed E-state index contributed by atoms with van der Waals surface area (Å²) in [5.74, 6) is -0.878. The summed E-state index contributed by atoms with van der Waals surface area (Å²) in [5.41, 5.74) is 1.03. The minimum Gasteiger partial charge on any atom is -0.293 e. The van der Waals surface area contributed by atoms with Gasteiger partial charge in [-0.1, -0.05) is 37.1 Å². The van der Waals surface area contributed by atoms with Gasteiger partial charge in [-0.2, -0.15) is 13.2 Å². The van der Waals surface area contributed by atoms with E-state index in [2.05, 4.69) is 16.0 Å². The van der Waals surface area contributed by atoms with Crippen molar-refractivity contribution in [1.29, 1.82) is 0 Å². The van der Waals surface area contributed by atoms with Gasteiger partial charge in [-0.25, -0.2) is 9.97 Å². The zero-order valence-corrected chi connectivity index (χ0v) is 13.9. The predicted molar refractivity (Wildman–Crippen MR) is 85.7 cm³/mol. The third kappa shape index (κ3) is 4.76. The molecule has 1 aromatic rings. The molecule has 0 aliphatic heterocycles. The Bertz CT molecular complexity index is 541. The molecule has 0 saturated heterocycles. The van der Waals surface area contributed by atoms with Crippen molar-refractivity contribution < 1.29 is 13.2 Å². The fraction of sp³-hybridized carbons (Fsp3) is 0.467. The third-order valence-electron chi connectivity index (χ3n) is 2.95. The summed E-state index contributed by atoms with van der Waals surface area (Å²) in [4.78, 5) is 6.96. The van der Waals surface area contributed by atoms with Crippen LogP contribution in [0, 0.1) is 0 Å². The lowest BCUT2D eigenvalue weighted by Gasteiger charge is -2.29. The number of allylic oxidation sites excluding steroid dienone is 2. The zero-order chi connectivity index (χ0) is 16.8. The van der Waals surface area contributed by atoms with Gasteiger partial charge < -0.3 is 0 Å². The van der Waals surface area contributed by atoms with Gasteiger partial charge in [-0.05, 0) is 31.9 Å². The number of hydrogen-bond acceptors (Lipinski definition) is 4. The van der Waals surface area contributed by atoms with Crippen LogP contribution in [0.25, 0.3) is 0 Å². The quantitative estimate of drug-likeness (QED) is 0.549. The number of hydrogen-bond donors (Lipinski definition) is 0. The van der Waals surface area contributed by atoms with Gasteiger partial charge in [0.1, 0.15) is 5.82 Å². The Balaban J connectivity index is 3.18. The molecule has 0 bridgehead atoms. The first-order chi connectivity index (χ1) is 10.3. The van der Waals surface area contributed by atoms with Gasteiger partial charge in [0, 0.05) is 12.5 Å². The van der Waals surface area contributed by atoms with Gasteiger partial charge in [-0.15, -0.1) is 0 Å². The second-order valence-corrected chi connectivity index (χ2v) is 5.29. The van der Waals surface area contributed by atoms with Crippen LogP contribution in [-0.2, 0) is 6.18 Å². The van der Waals surface area contributed by atoms with Crippen molar-refractivity contribution >= 4 is 17.8 Å². The van der Waals surface area contributed by atoms with E-state index in [-0.39, 0.29) is 11.9 Å². The van der Waals surface area contributed by atoms with Gasteiger partial charge in [-0.3, -0.25) is 4.31 Å². The van der Waals surface area contributed by atoms with Gasteiger partial charge in [0.2, 0.25) is 5.82 Å². The van der Waals surface area contributed by atoms with Gasteiger partial charge in [0.05, 0.1) is 6.04 Å². The average molecular weight is 331 g/mol. The van der Waals surface area contributed by atoms with E-state index >= 15 is 0 Å². The largest absolute Gasteiger partial charge is 0.451 e. The van der Waals surface area contributed by atoms with Crippen LogP contribution in [0.4, 0.5) is 19.0 Å². The van der Waals surface area contributed by atoms with E-state index < -0.39 is 12.0 Å². The van der Waals surface area contributed by atoms with E-state index in [9.17, 15) is 13.2 Å². The number of aromatic nitrogens is 2. The molecule has 0 aliphatic carbocycles. The monoisotopic (exact) mass is 331 g/mol. The van der Waals surface area contributed by atoms with Crippen LogP contribution in [0.3, 0.4) is 0 Å². The molecule has 1 aromatic heterocycles. The number of rotatable bonds is 6. The maximum Gasteiger partial charge on any atom is 0.451 e. The van der Waals surface area contributed by atoms with Crippen molar-refractivity contribution in [2.24, 2.45) is 0 Å². The Labute approximate surface area is 133 Å². The smallest absolute Gasteiger partial charge is 0.293 e. The number of nitrogens with zero attached hydrogens (tertiary/aromatic N) is 3. The van der Waals surface area contributed by atoms with E-state index in [1.54, 1.807) is 4.31 Å². The van der Waals surface area contributed by atoms with Crippen LogP contribution in [0.15, 0.2) is 36.1 Å². The molecule has 0 N–H and O–H groups in total. The van der Waals surface area contributed by atoms with Gasteiger partial charge >= 0.3 is 6.18 Å². The minimum absolute atomic E-state index is 0.109. The number of anilines is 1. The molecule has 7 heteroatoms. The Kier molecular flexibility index (Phi) is 6.93. The summed E-state index contributed by atoms with van der Waals surface area (Å²) in [6.07, 6.45) is 5.18. The summed E-state index contributed by atoms with van der Waals surface area (Å²) in [6.45, 7) is 5.87. The molecule has 3 nitrogen and oxygen atoms in total. The molecule has 0 saturated carbocycles. The van der Waals surface area contributed by atoms with Gasteiger partial charge in [0.25, 0.3) is 0 Å². The SMILES string of the molecule is C/C=C\C(=C/CC)C(C)N(SC)c1ccnc(C(F)(F)F)n1. The second-order valence-electron chi connectivity index (χ2n) is 4.53. The molecule has 22 heavy (non-hydrogen) atoms. The summed E-state index contributed by atoms with van der Waals surface area (Å²) < 4.78 is 40.0. The topological polar surface area (TPSA) is 29.0 Å². The molecule has 1 heterocycles. The lowest BCUT2D eigenvalue weighted by Crippen LogP contribution is -2.29. The lowest BCUT2D eigenvalue weighted by atomic mass is 10.1. The van der Waals surface area contributed by atoms with Crippen molar-refractivity contribution in [2.75, 3.05) is 10.6 Å². The Morgan fingerprint density at radius 2 is 2.14 bits per heavy atom. The van der Waals surface area contributed by atoms with Crippen LogP contribution in [0.2, 0.25) is 0 Å². The number of alkyl halides is 3. The fourth-order valence-corrected chi connectivity index (χ4v) is 2.73. The Morgan fingerprint density at radius 1 is 1.45 bits per heavy atom. The molecule has 0 radical (unpaired) electrons. The van der Waals surface area contributed by atoms with Crippen molar-refractivity contribution in [3.05, 3.63) is 41.9 Å². The maximum absolute atomic E-state index is 12.8. The summed E-state index contributed by atoms with van der Waals surface area (Å²) in [5, 5.41) is 0. The second kappa shape index (κ2) is 8.22. The summed E-state index contributed by atoms with van der Waals surface area (Å²) >= 11 is 1.33. The molecular formula is C15H20F3N3S. The van der Waals surface area contributed by atoms with Gasteiger partial charge in [0.15, 0.2) is 0 Å². The first-order valence-electron chi connectivity index (χ1n) is 6.91. The predicted octanol–water partition coefficient (Wildman–Crippen LogP) is 4.88. The third-order valence-corrected chi connectivity index (χ3v) is 3.85. The molecule has 122 valence electrons. The molecule has 1 atom stereocenters. The van der Waals surface area contributed by atoms with E-state index in [0.717, 1.165) is 18.2 Å². The maximum atomic E-state index is 12.8. The van der Waals surface area contributed by atoms with Crippen molar-refractivity contribution in [1.82, 2.24) is 9.97 Å². The summed E-state index contributed by atoms with van der Waals surface area (Å²) in [7, 11) is 0. The highest BCUT2D eigenvalue weighted by Gasteiger charge is 2.35. The normalized spacial score (nSPS) is 14.4. The Morgan fingerprint density at radius 3 is 2.64 bits per heavy atom. The van der Waals surface area contributed by atoms with Crippen molar-refractivity contribution in [2.45, 2.75) is 39.4 Å². The van der Waals surface area contributed by atoms with Crippen LogP contribution in [-0.4, -0.2) is 22.3 Å². The molecule has 0 spiro atoms. The molecular weight excluding hydrogens is 311 g/mol. The van der Waals surface area contributed by atoms with Crippen molar-refractivity contribution in [3.63, 3.8) is 0 Å². The first-order valence-corrected chi connectivity index (χ1v) is 8.09. The first kappa shape index (κ1) is 18.5. The molecule has 1 unspecified atom stereocenters. The highest BCUT2D eigenvalue weighted by molar-refractivity contribution is 8.00. The Hall–Kier alpha value is -1.50. The highest BCUT2D eigenvalue weighted by atomic mass is 32.2. The lowest BCUT2D eigenvalue weighted by molar-refractivity contribution is -0.144. The zero-order valence-electron chi connectivity index (χ0n) is 13.1. The minimum atomic E-state index is -4.55. The van der Waals surface area contributed by atoms with Crippen molar-refractivity contribution in [3.8, 4) is 0 Å². The molecule has 0 fully saturated rings. The molecule has 0 aliphatic rings. The van der Waals surface area contributed by atoms with E-state index in [1.807, 2.05) is 39.2 Å². The molecule has 0 amide bonds. The van der Waals surface area contributed by atoms with E-state index in [0.29, 0.717) is 0 Å². The van der Waals surface area contributed by atoms with Crippen LogP contribution in [0.1, 0.15) is 33.0 Å². The van der Waals surface area contributed by atoms with Crippen LogP contribution in [0.5, 0.6) is 0 Å². The highest BCUT2D eigenvalue weighted by Crippen LogP contribution is 2.30. The fourth-order valence-electron chi connectivity index (χ4n) is 2.00. The molecule has 0 aromatic carbocycles. The van der Waals surface area contributed by atoms with E-state index in [1.165, 1.54) is 18.0 Å². The standard InChI is InChI=1S/C15H20F3N3S/c1-5-7-12(8-6-2)11(3)21(22-4)13-9-10-19-14(20-13)15(16,17)18/h5,7-11H,6H2,1-4H3/b7-5-,12-8+. The number of halogens is 3. The summed E-state index contributed by atoms with van der Waals surface area (Å²) in [6, 6.07) is 1.38. The molecule has 1 rings (SSSR count). The van der Waals surface area contributed by atoms with Crippen LogP contribution >= 0.6 is 11.9 Å². The van der Waals surface area contributed by atoms with E-state index in [4.69, 9.17) is 0 Å². The average Bonchev–Trinajstić information content (AvgIpc) is 2.47.